The molecule has 0 fully saturated rings. The van der Waals surface area contributed by atoms with Crippen LogP contribution in [0, 0.1) is 13.8 Å². The van der Waals surface area contributed by atoms with Crippen molar-refractivity contribution in [2.45, 2.75) is 13.8 Å². The van der Waals surface area contributed by atoms with Gasteiger partial charge in [-0.2, -0.15) is 0 Å². The van der Waals surface area contributed by atoms with Gasteiger partial charge in [-0.1, -0.05) is 0 Å². The highest BCUT2D eigenvalue weighted by molar-refractivity contribution is 7.18. The standard InChI is InChI=1S/C12H11NO4S/c1-6-3-4-17-9(6)11(14)13-8-5-7(2)10(18-8)12(15)16/h3-5H,1-2H3,(H,13,14)(H,15,16). The predicted molar refractivity (Wildman–Crippen MR) is 67.4 cm³/mol. The number of hydrogen-bond donors (Lipinski definition) is 2. The first-order chi connectivity index (χ1) is 8.49. The Labute approximate surface area is 107 Å². The summed E-state index contributed by atoms with van der Waals surface area (Å²) in [5.41, 5.74) is 1.36. The molecule has 0 unspecified atom stereocenters. The minimum atomic E-state index is -0.993. The summed E-state index contributed by atoms with van der Waals surface area (Å²) < 4.78 is 5.06. The van der Waals surface area contributed by atoms with E-state index in [9.17, 15) is 9.59 Å². The second kappa shape index (κ2) is 4.66. The zero-order chi connectivity index (χ0) is 13.3. The molecule has 0 saturated heterocycles. The van der Waals surface area contributed by atoms with Gasteiger partial charge in [0.1, 0.15) is 4.88 Å². The van der Waals surface area contributed by atoms with Gasteiger partial charge in [-0.3, -0.25) is 4.79 Å². The number of carbonyl (C=O) groups excluding carboxylic acids is 1. The molecule has 18 heavy (non-hydrogen) atoms. The number of thiophene rings is 1. The molecule has 6 heteroatoms. The number of carbonyl (C=O) groups is 2. The molecule has 2 aromatic heterocycles. The number of carboxylic acids is 1. The van der Waals surface area contributed by atoms with Crippen molar-refractivity contribution < 1.29 is 19.1 Å². The van der Waals surface area contributed by atoms with E-state index in [4.69, 9.17) is 9.52 Å². The Kier molecular flexibility index (Phi) is 3.20. The number of nitrogens with one attached hydrogen (secondary N) is 1. The molecule has 0 aliphatic heterocycles. The molecule has 2 heterocycles. The number of aromatic carboxylic acids is 1. The highest BCUT2D eigenvalue weighted by Crippen LogP contribution is 2.27. The zero-order valence-electron chi connectivity index (χ0n) is 9.81. The lowest BCUT2D eigenvalue weighted by molar-refractivity contribution is 0.0701. The third kappa shape index (κ3) is 2.28. The Morgan fingerprint density at radius 1 is 1.33 bits per heavy atom. The van der Waals surface area contributed by atoms with Crippen LogP contribution in [0.5, 0.6) is 0 Å². The molecule has 0 bridgehead atoms. The Morgan fingerprint density at radius 2 is 2.06 bits per heavy atom. The first kappa shape index (κ1) is 12.4. The van der Waals surface area contributed by atoms with Crippen molar-refractivity contribution >= 4 is 28.2 Å². The Balaban J connectivity index is 2.20. The van der Waals surface area contributed by atoms with Crippen LogP contribution in [0.4, 0.5) is 5.00 Å². The maximum absolute atomic E-state index is 11.8. The summed E-state index contributed by atoms with van der Waals surface area (Å²) in [6.07, 6.45) is 1.44. The van der Waals surface area contributed by atoms with Gasteiger partial charge in [0.15, 0.2) is 5.76 Å². The van der Waals surface area contributed by atoms with E-state index in [1.54, 1.807) is 26.0 Å². The van der Waals surface area contributed by atoms with Crippen LogP contribution in [0.25, 0.3) is 0 Å². The van der Waals surface area contributed by atoms with Crippen molar-refractivity contribution in [2.24, 2.45) is 0 Å². The van der Waals surface area contributed by atoms with Gasteiger partial charge >= 0.3 is 5.97 Å². The van der Waals surface area contributed by atoms with E-state index in [1.165, 1.54) is 6.26 Å². The summed E-state index contributed by atoms with van der Waals surface area (Å²) in [7, 11) is 0. The molecule has 2 rings (SSSR count). The molecular weight excluding hydrogens is 254 g/mol. The van der Waals surface area contributed by atoms with Crippen LogP contribution in [0.1, 0.15) is 31.4 Å². The largest absolute Gasteiger partial charge is 0.477 e. The molecule has 1 amide bonds. The summed E-state index contributed by atoms with van der Waals surface area (Å²) in [5.74, 6) is -1.14. The molecule has 0 spiro atoms. The van der Waals surface area contributed by atoms with Gasteiger partial charge in [-0.15, -0.1) is 11.3 Å². The number of aryl methyl sites for hydroxylation is 2. The summed E-state index contributed by atoms with van der Waals surface area (Å²) in [6.45, 7) is 3.45. The molecule has 5 nitrogen and oxygen atoms in total. The quantitative estimate of drug-likeness (QED) is 0.894. The second-order valence-electron chi connectivity index (χ2n) is 3.81. The predicted octanol–water partition coefficient (Wildman–Crippen LogP) is 2.91. The van der Waals surface area contributed by atoms with Gasteiger partial charge in [0.25, 0.3) is 5.91 Å². The third-order valence-corrected chi connectivity index (χ3v) is 3.56. The molecule has 2 aromatic rings. The van der Waals surface area contributed by atoms with Crippen LogP contribution in [-0.2, 0) is 0 Å². The van der Waals surface area contributed by atoms with Gasteiger partial charge in [-0.25, -0.2) is 4.79 Å². The Bertz CT molecular complexity index is 611. The number of hydrogen-bond acceptors (Lipinski definition) is 4. The fourth-order valence-electron chi connectivity index (χ4n) is 1.53. The molecule has 0 atom stereocenters. The van der Waals surface area contributed by atoms with E-state index < -0.39 is 5.97 Å². The van der Waals surface area contributed by atoms with Gasteiger partial charge in [0.05, 0.1) is 11.3 Å². The summed E-state index contributed by atoms with van der Waals surface area (Å²) in [5, 5.41) is 12.0. The van der Waals surface area contributed by atoms with E-state index in [-0.39, 0.29) is 16.5 Å². The van der Waals surface area contributed by atoms with Crippen molar-refractivity contribution in [3.63, 3.8) is 0 Å². The number of rotatable bonds is 3. The maximum atomic E-state index is 11.8. The summed E-state index contributed by atoms with van der Waals surface area (Å²) in [4.78, 5) is 22.9. The molecule has 0 aliphatic rings. The van der Waals surface area contributed by atoms with E-state index in [2.05, 4.69) is 5.32 Å². The van der Waals surface area contributed by atoms with E-state index in [0.29, 0.717) is 10.6 Å². The Morgan fingerprint density at radius 3 is 2.56 bits per heavy atom. The SMILES string of the molecule is Cc1ccoc1C(=O)Nc1cc(C)c(C(=O)O)s1. The van der Waals surface area contributed by atoms with Gasteiger partial charge in [0.2, 0.25) is 0 Å². The summed E-state index contributed by atoms with van der Waals surface area (Å²) in [6, 6.07) is 3.32. The first-order valence-electron chi connectivity index (χ1n) is 5.18. The molecular formula is C12H11NO4S. The van der Waals surface area contributed by atoms with Crippen LogP contribution in [-0.4, -0.2) is 17.0 Å². The molecule has 0 aromatic carbocycles. The Hall–Kier alpha value is -2.08. The lowest BCUT2D eigenvalue weighted by atomic mass is 10.2. The van der Waals surface area contributed by atoms with Crippen LogP contribution in [0.2, 0.25) is 0 Å². The highest BCUT2D eigenvalue weighted by Gasteiger charge is 2.17. The van der Waals surface area contributed by atoms with Crippen molar-refractivity contribution in [3.05, 3.63) is 40.2 Å². The minimum Gasteiger partial charge on any atom is -0.477 e. The van der Waals surface area contributed by atoms with Crippen molar-refractivity contribution in [3.8, 4) is 0 Å². The van der Waals surface area contributed by atoms with Crippen LogP contribution in [0.15, 0.2) is 22.8 Å². The molecule has 0 saturated carbocycles. The van der Waals surface area contributed by atoms with Gasteiger partial charge in [0, 0.05) is 5.56 Å². The maximum Gasteiger partial charge on any atom is 0.346 e. The molecule has 0 radical (unpaired) electrons. The smallest absolute Gasteiger partial charge is 0.346 e. The van der Waals surface area contributed by atoms with E-state index >= 15 is 0 Å². The van der Waals surface area contributed by atoms with Crippen molar-refractivity contribution in [2.75, 3.05) is 5.32 Å². The number of amides is 1. The van der Waals surface area contributed by atoms with Crippen molar-refractivity contribution in [1.82, 2.24) is 0 Å². The number of furan rings is 1. The average Bonchev–Trinajstić information content (AvgIpc) is 2.84. The van der Waals surface area contributed by atoms with E-state index in [1.807, 2.05) is 0 Å². The first-order valence-corrected chi connectivity index (χ1v) is 6.00. The van der Waals surface area contributed by atoms with Crippen molar-refractivity contribution in [1.29, 1.82) is 0 Å². The van der Waals surface area contributed by atoms with Crippen LogP contribution >= 0.6 is 11.3 Å². The summed E-state index contributed by atoms with van der Waals surface area (Å²) >= 11 is 1.03. The normalized spacial score (nSPS) is 10.3. The van der Waals surface area contributed by atoms with Gasteiger partial charge in [-0.05, 0) is 31.5 Å². The monoisotopic (exact) mass is 265 g/mol. The number of anilines is 1. The number of carboxylic acid groups (broad SMARTS) is 1. The molecule has 2 N–H and O–H groups in total. The lowest BCUT2D eigenvalue weighted by Crippen LogP contribution is -2.10. The molecule has 0 aliphatic carbocycles. The highest BCUT2D eigenvalue weighted by atomic mass is 32.1. The fraction of sp³-hybridized carbons (Fsp3) is 0.167. The minimum absolute atomic E-state index is 0.224. The topological polar surface area (TPSA) is 79.5 Å². The van der Waals surface area contributed by atoms with Crippen LogP contribution < -0.4 is 5.32 Å². The lowest BCUT2D eigenvalue weighted by Gasteiger charge is -1.99. The average molecular weight is 265 g/mol. The van der Waals surface area contributed by atoms with Crippen LogP contribution in [0.3, 0.4) is 0 Å². The zero-order valence-corrected chi connectivity index (χ0v) is 10.6. The van der Waals surface area contributed by atoms with E-state index in [0.717, 1.165) is 16.9 Å². The molecule has 94 valence electrons. The third-order valence-electron chi connectivity index (χ3n) is 2.42. The second-order valence-corrected chi connectivity index (χ2v) is 4.87. The van der Waals surface area contributed by atoms with Gasteiger partial charge < -0.3 is 14.8 Å². The fourth-order valence-corrected chi connectivity index (χ4v) is 2.44.